The second kappa shape index (κ2) is 27.8. The zero-order chi connectivity index (χ0) is 40.1. The number of unbranched alkanes of at least 4 members (excludes halogenated alkanes) is 2. The van der Waals surface area contributed by atoms with Crippen LogP contribution in [0.4, 0.5) is 0 Å². The summed E-state index contributed by atoms with van der Waals surface area (Å²) in [5.41, 5.74) is 0.293. The molecule has 0 heterocycles. The summed E-state index contributed by atoms with van der Waals surface area (Å²) in [5, 5.41) is 35.5. The van der Waals surface area contributed by atoms with Crippen molar-refractivity contribution < 1.29 is 58.6 Å². The van der Waals surface area contributed by atoms with E-state index in [-0.39, 0.29) is 34.8 Å². The molecule has 294 valence electrons. The van der Waals surface area contributed by atoms with Gasteiger partial charge in [-0.1, -0.05) is 77.0 Å². The van der Waals surface area contributed by atoms with Gasteiger partial charge in [-0.3, -0.25) is 0 Å². The Morgan fingerprint density at radius 2 is 0.907 bits per heavy atom. The first kappa shape index (κ1) is 46.2. The van der Waals surface area contributed by atoms with Gasteiger partial charge in [0.05, 0.1) is 13.2 Å². The van der Waals surface area contributed by atoms with Gasteiger partial charge in [-0.25, -0.2) is 19.2 Å². The maximum atomic E-state index is 11.3. The molecule has 3 rings (SSSR count). The van der Waals surface area contributed by atoms with Crippen LogP contribution in [0, 0.1) is 0 Å². The third kappa shape index (κ3) is 20.3. The molecule has 4 N–H and O–H groups in total. The highest BCUT2D eigenvalue weighted by Gasteiger charge is 2.15. The predicted molar refractivity (Wildman–Crippen MR) is 205 cm³/mol. The highest BCUT2D eigenvalue weighted by atomic mass is 16.5. The van der Waals surface area contributed by atoms with E-state index in [0.717, 1.165) is 38.5 Å². The molecule has 0 aliphatic rings. The smallest absolute Gasteiger partial charge is 0.339 e. The van der Waals surface area contributed by atoms with Gasteiger partial charge in [0.2, 0.25) is 0 Å². The Labute approximate surface area is 317 Å². The molecule has 2 atom stereocenters. The molecule has 3 aromatic rings. The van der Waals surface area contributed by atoms with Gasteiger partial charge in [-0.05, 0) is 87.1 Å². The van der Waals surface area contributed by atoms with Crippen molar-refractivity contribution in [1.29, 1.82) is 0 Å². The van der Waals surface area contributed by atoms with Crippen molar-refractivity contribution >= 4 is 23.9 Å². The van der Waals surface area contributed by atoms with Crippen LogP contribution in [-0.2, 0) is 19.1 Å². The second-order valence-electron chi connectivity index (χ2n) is 11.9. The van der Waals surface area contributed by atoms with Crippen LogP contribution >= 0.6 is 0 Å². The molecular weight excluding hydrogens is 696 g/mol. The number of aromatic carboxylic acids is 2. The first-order valence-electron chi connectivity index (χ1n) is 18.0. The van der Waals surface area contributed by atoms with E-state index in [1.165, 1.54) is 48.6 Å². The zero-order valence-corrected chi connectivity index (χ0v) is 31.2. The van der Waals surface area contributed by atoms with Gasteiger partial charge in [0, 0.05) is 12.2 Å². The van der Waals surface area contributed by atoms with Gasteiger partial charge < -0.3 is 39.4 Å². The summed E-state index contributed by atoms with van der Waals surface area (Å²) in [6.07, 6.45) is 10.4. The van der Waals surface area contributed by atoms with Gasteiger partial charge in [0.25, 0.3) is 0 Å². The largest absolute Gasteiger partial charge is 0.508 e. The summed E-state index contributed by atoms with van der Waals surface area (Å²) < 4.78 is 21.7. The Hall–Kier alpha value is -5.78. The number of carbonyl (C=O) groups is 4. The summed E-state index contributed by atoms with van der Waals surface area (Å²) in [5.74, 6) is -1.80. The van der Waals surface area contributed by atoms with Crippen LogP contribution in [0.15, 0.2) is 98.1 Å². The SMILES string of the molecule is C=CC(=O)OC(CCCC)CCCOc1ccccc1C(=O)O.C=CC(=O)OC(CCCC)CCCOc1ccccc1C(=O)O.Oc1ccc(O)cc1. The van der Waals surface area contributed by atoms with Crippen molar-refractivity contribution in [1.82, 2.24) is 0 Å². The minimum absolute atomic E-state index is 0.146. The molecule has 0 aliphatic heterocycles. The first-order chi connectivity index (χ1) is 25.9. The lowest BCUT2D eigenvalue weighted by atomic mass is 10.1. The Balaban J connectivity index is 0.000000448. The summed E-state index contributed by atoms with van der Waals surface area (Å²) in [4.78, 5) is 44.8. The van der Waals surface area contributed by atoms with Gasteiger partial charge in [-0.2, -0.15) is 0 Å². The Morgan fingerprint density at radius 3 is 1.22 bits per heavy atom. The molecule has 0 saturated carbocycles. The fraction of sp³-hybridized carbons (Fsp3) is 0.381. The summed E-state index contributed by atoms with van der Waals surface area (Å²) in [6.45, 7) is 11.7. The Kier molecular flexibility index (Phi) is 23.8. The van der Waals surface area contributed by atoms with Crippen molar-refractivity contribution in [2.24, 2.45) is 0 Å². The minimum atomic E-state index is -1.01. The van der Waals surface area contributed by atoms with Crippen LogP contribution in [0.2, 0.25) is 0 Å². The second-order valence-corrected chi connectivity index (χ2v) is 11.9. The van der Waals surface area contributed by atoms with Gasteiger partial charge in [0.15, 0.2) is 0 Å². The molecular formula is C42H54O12. The van der Waals surface area contributed by atoms with Crippen molar-refractivity contribution in [3.8, 4) is 23.0 Å². The molecule has 0 bridgehead atoms. The lowest BCUT2D eigenvalue weighted by Gasteiger charge is -2.17. The van der Waals surface area contributed by atoms with Crippen molar-refractivity contribution in [3.05, 3.63) is 109 Å². The van der Waals surface area contributed by atoms with Gasteiger partial charge in [-0.15, -0.1) is 0 Å². The monoisotopic (exact) mass is 750 g/mol. The van der Waals surface area contributed by atoms with Crippen molar-refractivity contribution in [3.63, 3.8) is 0 Å². The molecule has 2 unspecified atom stereocenters. The maximum Gasteiger partial charge on any atom is 0.339 e. The molecule has 0 spiro atoms. The van der Waals surface area contributed by atoms with Gasteiger partial charge >= 0.3 is 23.9 Å². The van der Waals surface area contributed by atoms with E-state index in [2.05, 4.69) is 27.0 Å². The molecule has 12 heteroatoms. The average molecular weight is 751 g/mol. The molecule has 0 radical (unpaired) electrons. The number of phenolic OH excluding ortho intramolecular Hbond substituents is 2. The van der Waals surface area contributed by atoms with Crippen LogP contribution in [0.1, 0.15) is 98.8 Å². The summed E-state index contributed by atoms with van der Waals surface area (Å²) in [6, 6.07) is 18.8. The number of esters is 2. The van der Waals surface area contributed by atoms with E-state index in [9.17, 15) is 19.2 Å². The predicted octanol–water partition coefficient (Wildman–Crippen LogP) is 8.76. The molecule has 3 aromatic carbocycles. The van der Waals surface area contributed by atoms with Crippen LogP contribution in [0.25, 0.3) is 0 Å². The van der Waals surface area contributed by atoms with E-state index in [1.807, 2.05) is 0 Å². The number of rotatable bonds is 22. The fourth-order valence-corrected chi connectivity index (χ4v) is 4.79. The number of carboxylic acid groups (broad SMARTS) is 2. The number of ether oxygens (including phenoxy) is 4. The molecule has 12 nitrogen and oxygen atoms in total. The number of aromatic hydroxyl groups is 2. The van der Waals surface area contributed by atoms with Gasteiger partial charge in [0.1, 0.15) is 46.3 Å². The quantitative estimate of drug-likeness (QED) is 0.0332. The lowest BCUT2D eigenvalue weighted by molar-refractivity contribution is -0.144. The number of carbonyl (C=O) groups excluding carboxylic acids is 2. The van der Waals surface area contributed by atoms with Crippen molar-refractivity contribution in [2.45, 2.75) is 90.3 Å². The normalized spacial score (nSPS) is 11.1. The lowest BCUT2D eigenvalue weighted by Crippen LogP contribution is -2.18. The number of hydrogen-bond acceptors (Lipinski definition) is 10. The Bertz CT molecular complexity index is 1450. The summed E-state index contributed by atoms with van der Waals surface area (Å²) in [7, 11) is 0. The Morgan fingerprint density at radius 1 is 0.574 bits per heavy atom. The average Bonchev–Trinajstić information content (AvgIpc) is 3.17. The topological polar surface area (TPSA) is 186 Å². The highest BCUT2D eigenvalue weighted by Crippen LogP contribution is 2.21. The molecule has 0 aromatic heterocycles. The van der Waals surface area contributed by atoms with E-state index < -0.39 is 23.9 Å². The zero-order valence-electron chi connectivity index (χ0n) is 31.2. The maximum absolute atomic E-state index is 11.3. The van der Waals surface area contributed by atoms with E-state index in [1.54, 1.807) is 36.4 Å². The van der Waals surface area contributed by atoms with Crippen LogP contribution in [0.5, 0.6) is 23.0 Å². The van der Waals surface area contributed by atoms with E-state index in [4.69, 9.17) is 39.4 Å². The molecule has 0 fully saturated rings. The number of para-hydroxylation sites is 2. The summed E-state index contributed by atoms with van der Waals surface area (Å²) >= 11 is 0. The first-order valence-corrected chi connectivity index (χ1v) is 18.0. The number of carboxylic acids is 2. The molecule has 54 heavy (non-hydrogen) atoms. The number of hydrogen-bond donors (Lipinski definition) is 4. The van der Waals surface area contributed by atoms with E-state index in [0.29, 0.717) is 50.4 Å². The fourth-order valence-electron chi connectivity index (χ4n) is 4.79. The highest BCUT2D eigenvalue weighted by molar-refractivity contribution is 5.91. The number of benzene rings is 3. The molecule has 0 saturated heterocycles. The third-order valence-electron chi connectivity index (χ3n) is 7.60. The molecule has 0 amide bonds. The number of phenols is 2. The standard InChI is InChI=1S/2C18H24O5.C6H6O2/c2*1-3-5-9-14(23-17(19)4-2)10-8-13-22-16-12-7-6-11-15(16)18(20)21;7-5-1-2-6(8)4-3-5/h2*4,6-7,11-12,14H,2-3,5,8-10,13H2,1H3,(H,20,21);1-4,7-8H. The van der Waals surface area contributed by atoms with Crippen LogP contribution in [-0.4, -0.2) is 69.7 Å². The van der Waals surface area contributed by atoms with Crippen molar-refractivity contribution in [2.75, 3.05) is 13.2 Å². The molecule has 0 aliphatic carbocycles. The minimum Gasteiger partial charge on any atom is -0.508 e. The van der Waals surface area contributed by atoms with E-state index >= 15 is 0 Å². The van der Waals surface area contributed by atoms with Crippen LogP contribution < -0.4 is 9.47 Å². The van der Waals surface area contributed by atoms with Crippen LogP contribution in [0.3, 0.4) is 0 Å². The third-order valence-corrected chi connectivity index (χ3v) is 7.60.